The molecule has 1 N–H and O–H groups in total. The molecule has 2 nitrogen and oxygen atoms in total. The van der Waals surface area contributed by atoms with E-state index < -0.39 is 0 Å². The maximum Gasteiger partial charge on any atom is 0.244 e. The summed E-state index contributed by atoms with van der Waals surface area (Å²) in [5.41, 5.74) is 1.69. The van der Waals surface area contributed by atoms with E-state index in [4.69, 9.17) is 0 Å². The predicted octanol–water partition coefficient (Wildman–Crippen LogP) is 2.97. The van der Waals surface area contributed by atoms with E-state index in [0.29, 0.717) is 0 Å². The first kappa shape index (κ1) is 12.4. The number of hydrogen-bond acceptors (Lipinski definition) is 1. The Morgan fingerprint density at radius 2 is 2.12 bits per heavy atom. The SMILES string of the molecule is CC(C)=CC(=O)N[C@H](C)c1cccc(F)c1. The molecular weight excluding hydrogens is 205 g/mol. The summed E-state index contributed by atoms with van der Waals surface area (Å²) < 4.78 is 13.0. The van der Waals surface area contributed by atoms with Crippen LogP contribution in [-0.4, -0.2) is 5.91 Å². The highest BCUT2D eigenvalue weighted by Gasteiger charge is 2.07. The molecule has 1 rings (SSSR count). The largest absolute Gasteiger partial charge is 0.346 e. The van der Waals surface area contributed by atoms with Crippen LogP contribution in [0.2, 0.25) is 0 Å². The fourth-order valence-electron chi connectivity index (χ4n) is 1.38. The van der Waals surface area contributed by atoms with Gasteiger partial charge in [0.05, 0.1) is 6.04 Å². The summed E-state index contributed by atoms with van der Waals surface area (Å²) in [6, 6.07) is 6.03. The van der Waals surface area contributed by atoms with Crippen molar-refractivity contribution < 1.29 is 9.18 Å². The Balaban J connectivity index is 2.69. The van der Waals surface area contributed by atoms with Gasteiger partial charge in [-0.15, -0.1) is 0 Å². The van der Waals surface area contributed by atoms with Crippen molar-refractivity contribution in [3.8, 4) is 0 Å². The van der Waals surface area contributed by atoms with Crippen molar-refractivity contribution in [2.45, 2.75) is 26.8 Å². The molecule has 0 spiro atoms. The minimum absolute atomic E-state index is 0.156. The number of carbonyl (C=O) groups is 1. The molecule has 0 saturated carbocycles. The van der Waals surface area contributed by atoms with Crippen LogP contribution in [-0.2, 0) is 4.79 Å². The minimum atomic E-state index is -0.291. The lowest BCUT2D eigenvalue weighted by molar-refractivity contribution is -0.117. The number of hydrogen-bond donors (Lipinski definition) is 1. The lowest BCUT2D eigenvalue weighted by Gasteiger charge is -2.13. The molecule has 0 bridgehead atoms. The third-order valence-corrected chi connectivity index (χ3v) is 2.13. The molecule has 0 unspecified atom stereocenters. The summed E-state index contributed by atoms with van der Waals surface area (Å²) in [5, 5.41) is 2.77. The third kappa shape index (κ3) is 3.85. The lowest BCUT2D eigenvalue weighted by atomic mass is 10.1. The number of benzene rings is 1. The molecular formula is C13H16FNO. The number of carbonyl (C=O) groups excluding carboxylic acids is 1. The summed E-state index contributed by atoms with van der Waals surface area (Å²) in [6.07, 6.45) is 1.52. The molecule has 0 aliphatic carbocycles. The summed E-state index contributed by atoms with van der Waals surface area (Å²) in [7, 11) is 0. The van der Waals surface area contributed by atoms with E-state index in [0.717, 1.165) is 11.1 Å². The molecule has 3 heteroatoms. The van der Waals surface area contributed by atoms with E-state index in [2.05, 4.69) is 5.32 Å². The Kier molecular flexibility index (Phi) is 4.23. The molecule has 0 aliphatic rings. The Morgan fingerprint density at radius 1 is 1.44 bits per heavy atom. The van der Waals surface area contributed by atoms with Gasteiger partial charge >= 0.3 is 0 Å². The second kappa shape index (κ2) is 5.45. The Hall–Kier alpha value is -1.64. The Bertz CT molecular complexity index is 408. The van der Waals surface area contributed by atoms with Crippen LogP contribution in [0.15, 0.2) is 35.9 Å². The smallest absolute Gasteiger partial charge is 0.244 e. The average Bonchev–Trinajstić information content (AvgIpc) is 2.16. The quantitative estimate of drug-likeness (QED) is 0.781. The van der Waals surface area contributed by atoms with Gasteiger partial charge in [0.15, 0.2) is 0 Å². The molecule has 0 saturated heterocycles. The summed E-state index contributed by atoms with van der Waals surface area (Å²) in [4.78, 5) is 11.4. The van der Waals surface area contributed by atoms with Crippen molar-refractivity contribution in [1.29, 1.82) is 0 Å². The molecule has 0 aliphatic heterocycles. The predicted molar refractivity (Wildman–Crippen MR) is 62.4 cm³/mol. The van der Waals surface area contributed by atoms with E-state index in [1.54, 1.807) is 12.1 Å². The molecule has 0 heterocycles. The topological polar surface area (TPSA) is 29.1 Å². The van der Waals surface area contributed by atoms with E-state index in [1.807, 2.05) is 20.8 Å². The fraction of sp³-hybridized carbons (Fsp3) is 0.308. The van der Waals surface area contributed by atoms with Crippen LogP contribution < -0.4 is 5.32 Å². The van der Waals surface area contributed by atoms with E-state index in [9.17, 15) is 9.18 Å². The van der Waals surface area contributed by atoms with Gasteiger partial charge in [-0.05, 0) is 38.5 Å². The van der Waals surface area contributed by atoms with Crippen LogP contribution in [0.4, 0.5) is 4.39 Å². The molecule has 86 valence electrons. The molecule has 1 atom stereocenters. The first-order chi connectivity index (χ1) is 7.49. The van der Waals surface area contributed by atoms with Crippen LogP contribution in [0.1, 0.15) is 32.4 Å². The van der Waals surface area contributed by atoms with Crippen LogP contribution in [0.5, 0.6) is 0 Å². The zero-order chi connectivity index (χ0) is 12.1. The number of rotatable bonds is 3. The summed E-state index contributed by atoms with van der Waals surface area (Å²) >= 11 is 0. The van der Waals surface area contributed by atoms with Gasteiger partial charge in [0.1, 0.15) is 5.82 Å². The van der Waals surface area contributed by atoms with Crippen molar-refractivity contribution in [3.63, 3.8) is 0 Å². The maximum atomic E-state index is 13.0. The van der Waals surface area contributed by atoms with Gasteiger partial charge in [-0.2, -0.15) is 0 Å². The highest BCUT2D eigenvalue weighted by molar-refractivity contribution is 5.88. The van der Waals surface area contributed by atoms with Gasteiger partial charge in [0, 0.05) is 6.08 Å². The molecule has 1 aromatic rings. The van der Waals surface area contributed by atoms with Gasteiger partial charge in [-0.1, -0.05) is 17.7 Å². The van der Waals surface area contributed by atoms with Crippen LogP contribution in [0, 0.1) is 5.82 Å². The van der Waals surface area contributed by atoms with Gasteiger partial charge < -0.3 is 5.32 Å². The average molecular weight is 221 g/mol. The molecule has 0 fully saturated rings. The maximum absolute atomic E-state index is 13.0. The van der Waals surface area contributed by atoms with Crippen molar-refractivity contribution in [2.75, 3.05) is 0 Å². The third-order valence-electron chi connectivity index (χ3n) is 2.13. The zero-order valence-corrected chi connectivity index (χ0v) is 9.75. The molecule has 1 aromatic carbocycles. The highest BCUT2D eigenvalue weighted by atomic mass is 19.1. The summed E-state index contributed by atoms with van der Waals surface area (Å²) in [5.74, 6) is -0.447. The second-order valence-corrected chi connectivity index (χ2v) is 4.01. The van der Waals surface area contributed by atoms with Crippen molar-refractivity contribution >= 4 is 5.91 Å². The van der Waals surface area contributed by atoms with Crippen molar-refractivity contribution in [1.82, 2.24) is 5.32 Å². The van der Waals surface area contributed by atoms with Crippen molar-refractivity contribution in [2.24, 2.45) is 0 Å². The van der Waals surface area contributed by atoms with E-state index in [-0.39, 0.29) is 17.8 Å². The molecule has 16 heavy (non-hydrogen) atoms. The number of amides is 1. The van der Waals surface area contributed by atoms with Gasteiger partial charge in [0.25, 0.3) is 0 Å². The minimum Gasteiger partial charge on any atom is -0.346 e. The van der Waals surface area contributed by atoms with Crippen molar-refractivity contribution in [3.05, 3.63) is 47.3 Å². The Labute approximate surface area is 95.2 Å². The zero-order valence-electron chi connectivity index (χ0n) is 9.75. The highest BCUT2D eigenvalue weighted by Crippen LogP contribution is 2.13. The first-order valence-corrected chi connectivity index (χ1v) is 5.20. The van der Waals surface area contributed by atoms with Gasteiger partial charge in [-0.25, -0.2) is 4.39 Å². The number of allylic oxidation sites excluding steroid dienone is 1. The van der Waals surface area contributed by atoms with Crippen LogP contribution in [0.3, 0.4) is 0 Å². The van der Waals surface area contributed by atoms with E-state index in [1.165, 1.54) is 18.2 Å². The number of halogens is 1. The standard InChI is InChI=1S/C13H16FNO/c1-9(2)7-13(16)15-10(3)11-5-4-6-12(14)8-11/h4-8,10H,1-3H3,(H,15,16)/t10-/m1/s1. The summed E-state index contributed by atoms with van der Waals surface area (Å²) in [6.45, 7) is 5.53. The normalized spacial score (nSPS) is 11.8. The monoisotopic (exact) mass is 221 g/mol. The number of nitrogens with one attached hydrogen (secondary N) is 1. The van der Waals surface area contributed by atoms with E-state index >= 15 is 0 Å². The molecule has 0 radical (unpaired) electrons. The molecule has 0 aromatic heterocycles. The van der Waals surface area contributed by atoms with Crippen LogP contribution in [0.25, 0.3) is 0 Å². The van der Waals surface area contributed by atoms with Gasteiger partial charge in [-0.3, -0.25) is 4.79 Å². The fourth-order valence-corrected chi connectivity index (χ4v) is 1.38. The second-order valence-electron chi connectivity index (χ2n) is 4.01. The van der Waals surface area contributed by atoms with Gasteiger partial charge in [0.2, 0.25) is 5.91 Å². The lowest BCUT2D eigenvalue weighted by Crippen LogP contribution is -2.24. The Morgan fingerprint density at radius 3 is 2.69 bits per heavy atom. The van der Waals surface area contributed by atoms with Crippen LogP contribution >= 0.6 is 0 Å². The molecule has 1 amide bonds. The first-order valence-electron chi connectivity index (χ1n) is 5.20.